The number of hydrogen-bond acceptors (Lipinski definition) is 5. The number of aromatic nitrogens is 2. The minimum absolute atomic E-state index is 0.103. The first-order chi connectivity index (χ1) is 12.9. The minimum Gasteiger partial charge on any atom is -0.465 e. The lowest BCUT2D eigenvalue weighted by atomic mass is 10.0. The highest BCUT2D eigenvalue weighted by molar-refractivity contribution is 7.93. The van der Waals surface area contributed by atoms with Crippen LogP contribution in [-0.2, 0) is 14.8 Å². The highest BCUT2D eigenvalue weighted by atomic mass is 32.2. The molecule has 8 heteroatoms. The van der Waals surface area contributed by atoms with Gasteiger partial charge in [0.25, 0.3) is 10.0 Å². The highest BCUT2D eigenvalue weighted by Crippen LogP contribution is 2.45. The summed E-state index contributed by atoms with van der Waals surface area (Å²) in [7, 11) is -2.40. The van der Waals surface area contributed by atoms with Crippen molar-refractivity contribution in [1.82, 2.24) is 10.2 Å². The molecule has 138 valence electrons. The van der Waals surface area contributed by atoms with E-state index in [0.717, 1.165) is 5.56 Å². The van der Waals surface area contributed by atoms with Crippen molar-refractivity contribution in [2.45, 2.75) is 18.0 Å². The van der Waals surface area contributed by atoms with Crippen molar-refractivity contribution < 1.29 is 17.9 Å². The summed E-state index contributed by atoms with van der Waals surface area (Å²) >= 11 is 0. The summed E-state index contributed by atoms with van der Waals surface area (Å²) in [6.07, 6.45) is 0. The van der Waals surface area contributed by atoms with Crippen LogP contribution in [0.5, 0.6) is 0 Å². The summed E-state index contributed by atoms with van der Waals surface area (Å²) in [6.45, 7) is 1.83. The second kappa shape index (κ2) is 6.24. The van der Waals surface area contributed by atoms with Crippen LogP contribution in [0.4, 0.5) is 5.69 Å². The van der Waals surface area contributed by atoms with Crippen LogP contribution in [-0.4, -0.2) is 31.7 Å². The number of methoxy groups -OCH3 is 1. The number of hydrogen-bond donors (Lipinski definition) is 1. The summed E-state index contributed by atoms with van der Waals surface area (Å²) in [5, 5.41) is 7.01. The Kier molecular flexibility index (Phi) is 4.00. The number of nitrogens with zero attached hydrogens (tertiary/aromatic N) is 2. The molecule has 0 radical (unpaired) electrons. The molecule has 0 saturated carbocycles. The third-order valence-corrected chi connectivity index (χ3v) is 6.52. The predicted molar refractivity (Wildman–Crippen MR) is 99.9 cm³/mol. The lowest BCUT2D eigenvalue weighted by molar-refractivity contribution is 0.0600. The van der Waals surface area contributed by atoms with Crippen molar-refractivity contribution in [3.8, 4) is 11.3 Å². The van der Waals surface area contributed by atoms with Gasteiger partial charge in [0, 0.05) is 11.1 Å². The predicted octanol–water partition coefficient (Wildman–Crippen LogP) is 3.13. The maximum Gasteiger partial charge on any atom is 0.337 e. The minimum atomic E-state index is -3.72. The number of rotatable bonds is 3. The molecule has 0 amide bonds. The Bertz CT molecular complexity index is 1110. The fourth-order valence-corrected chi connectivity index (χ4v) is 5.21. The molecule has 7 nitrogen and oxygen atoms in total. The maximum atomic E-state index is 13.0. The number of nitrogens with one attached hydrogen (secondary N) is 1. The van der Waals surface area contributed by atoms with E-state index in [1.54, 1.807) is 48.5 Å². The lowest BCUT2D eigenvalue weighted by Crippen LogP contribution is -2.27. The average molecular weight is 383 g/mol. The number of esters is 1. The number of anilines is 1. The average Bonchev–Trinajstić information content (AvgIpc) is 3.21. The Morgan fingerprint density at radius 2 is 1.78 bits per heavy atom. The van der Waals surface area contributed by atoms with E-state index in [4.69, 9.17) is 4.74 Å². The Morgan fingerprint density at radius 3 is 2.41 bits per heavy atom. The molecule has 1 N–H and O–H groups in total. The summed E-state index contributed by atoms with van der Waals surface area (Å²) in [5.41, 5.74) is 2.90. The molecular formula is C19H17N3O4S. The molecule has 3 aromatic rings. The first-order valence-electron chi connectivity index (χ1n) is 8.31. The van der Waals surface area contributed by atoms with Crippen molar-refractivity contribution in [2.75, 3.05) is 11.4 Å². The SMILES string of the molecule is COC(=O)c1ccc(-c2n[nH]c3c2C(C)N(c2ccccc2)S3(=O)=O)cc1. The summed E-state index contributed by atoms with van der Waals surface area (Å²) < 4.78 is 32.1. The zero-order valence-corrected chi connectivity index (χ0v) is 15.5. The third-order valence-electron chi connectivity index (χ3n) is 4.65. The Balaban J connectivity index is 1.79. The summed E-state index contributed by atoms with van der Waals surface area (Å²) in [5.74, 6) is -0.431. The number of fused-ring (bicyclic) bond motifs is 1. The number of benzene rings is 2. The van der Waals surface area contributed by atoms with Crippen molar-refractivity contribution >= 4 is 21.7 Å². The van der Waals surface area contributed by atoms with E-state index in [0.29, 0.717) is 22.5 Å². The van der Waals surface area contributed by atoms with Crippen LogP contribution < -0.4 is 4.31 Å². The Morgan fingerprint density at radius 1 is 1.11 bits per heavy atom. The van der Waals surface area contributed by atoms with Crippen molar-refractivity contribution in [2.24, 2.45) is 0 Å². The monoisotopic (exact) mass is 383 g/mol. The lowest BCUT2D eigenvalue weighted by Gasteiger charge is -2.23. The molecule has 1 aliphatic rings. The molecule has 4 rings (SSSR count). The number of sulfonamides is 1. The first-order valence-corrected chi connectivity index (χ1v) is 9.75. The van der Waals surface area contributed by atoms with E-state index >= 15 is 0 Å². The zero-order chi connectivity index (χ0) is 19.2. The number of para-hydroxylation sites is 1. The topological polar surface area (TPSA) is 92.4 Å². The molecule has 1 atom stereocenters. The van der Waals surface area contributed by atoms with Gasteiger partial charge in [-0.1, -0.05) is 30.3 Å². The van der Waals surface area contributed by atoms with Crippen molar-refractivity contribution in [3.63, 3.8) is 0 Å². The van der Waals surface area contributed by atoms with Gasteiger partial charge in [-0.25, -0.2) is 4.79 Å². The number of ether oxygens (including phenoxy) is 1. The molecular weight excluding hydrogens is 366 g/mol. The fraction of sp³-hybridized carbons (Fsp3) is 0.158. The normalized spacial score (nSPS) is 17.6. The van der Waals surface area contributed by atoms with Gasteiger partial charge in [-0.05, 0) is 31.2 Å². The Labute approximate surface area is 156 Å². The van der Waals surface area contributed by atoms with E-state index in [-0.39, 0.29) is 5.03 Å². The van der Waals surface area contributed by atoms with Crippen molar-refractivity contribution in [3.05, 3.63) is 65.7 Å². The molecule has 0 aliphatic carbocycles. The largest absolute Gasteiger partial charge is 0.465 e. The summed E-state index contributed by atoms with van der Waals surface area (Å²) in [4.78, 5) is 11.6. The van der Waals surface area contributed by atoms with E-state index in [2.05, 4.69) is 10.2 Å². The van der Waals surface area contributed by atoms with E-state index in [1.165, 1.54) is 11.4 Å². The van der Waals surface area contributed by atoms with Gasteiger partial charge in [-0.2, -0.15) is 13.5 Å². The van der Waals surface area contributed by atoms with Gasteiger partial charge in [-0.3, -0.25) is 9.40 Å². The Hall–Kier alpha value is -3.13. The maximum absolute atomic E-state index is 13.0. The van der Waals surface area contributed by atoms with Gasteiger partial charge in [0.1, 0.15) is 0 Å². The fourth-order valence-electron chi connectivity index (χ4n) is 3.38. The van der Waals surface area contributed by atoms with Crippen LogP contribution >= 0.6 is 0 Å². The molecule has 0 spiro atoms. The summed E-state index contributed by atoms with van der Waals surface area (Å²) in [6, 6.07) is 15.3. The molecule has 0 fully saturated rings. The van der Waals surface area contributed by atoms with Crippen LogP contribution in [0.3, 0.4) is 0 Å². The molecule has 2 aromatic carbocycles. The smallest absolute Gasteiger partial charge is 0.337 e. The van der Waals surface area contributed by atoms with Crippen molar-refractivity contribution in [1.29, 1.82) is 0 Å². The second-order valence-corrected chi connectivity index (χ2v) is 7.95. The number of carbonyl (C=O) groups excluding carboxylic acids is 1. The van der Waals surface area contributed by atoms with Crippen LogP contribution in [0, 0.1) is 0 Å². The first kappa shape index (κ1) is 17.3. The number of aromatic amines is 1. The highest BCUT2D eigenvalue weighted by Gasteiger charge is 2.44. The van der Waals surface area contributed by atoms with Gasteiger partial charge in [0.2, 0.25) is 0 Å². The molecule has 27 heavy (non-hydrogen) atoms. The molecule has 1 aliphatic heterocycles. The van der Waals surface area contributed by atoms with E-state index in [1.807, 2.05) is 13.0 Å². The van der Waals surface area contributed by atoms with Crippen LogP contribution in [0.15, 0.2) is 59.6 Å². The van der Waals surface area contributed by atoms with Gasteiger partial charge < -0.3 is 4.74 Å². The van der Waals surface area contributed by atoms with Gasteiger partial charge in [0.15, 0.2) is 5.03 Å². The molecule has 1 unspecified atom stereocenters. The molecule has 2 heterocycles. The van der Waals surface area contributed by atoms with Crippen LogP contribution in [0.2, 0.25) is 0 Å². The quantitative estimate of drug-likeness (QED) is 0.702. The van der Waals surface area contributed by atoms with E-state index < -0.39 is 22.0 Å². The van der Waals surface area contributed by atoms with Crippen LogP contribution in [0.25, 0.3) is 11.3 Å². The standard InChI is InChI=1S/C19H17N3O4S/c1-12-16-17(13-8-10-14(11-9-13)19(23)26-2)20-21-18(16)27(24,25)22(12)15-6-4-3-5-7-15/h3-12H,1-2H3,(H,20,21). The van der Waals surface area contributed by atoms with Gasteiger partial charge in [-0.15, -0.1) is 0 Å². The number of carbonyl (C=O) groups is 1. The molecule has 0 saturated heterocycles. The van der Waals surface area contributed by atoms with Gasteiger partial charge in [0.05, 0.1) is 30.1 Å². The van der Waals surface area contributed by atoms with Gasteiger partial charge >= 0.3 is 5.97 Å². The second-order valence-electron chi connectivity index (χ2n) is 6.20. The van der Waals surface area contributed by atoms with E-state index in [9.17, 15) is 13.2 Å². The zero-order valence-electron chi connectivity index (χ0n) is 14.7. The van der Waals surface area contributed by atoms with Crippen LogP contribution in [0.1, 0.15) is 28.9 Å². The molecule has 0 bridgehead atoms. The number of H-pyrrole nitrogens is 1. The third kappa shape index (κ3) is 2.60. The molecule has 1 aromatic heterocycles.